The molecule has 7 heteroatoms. The quantitative estimate of drug-likeness (QED) is 0.481. The molecular weight excluding hydrogens is 326 g/mol. The molecule has 1 aliphatic carbocycles. The number of carbonyl (C=O) groups excluding carboxylic acids is 1. The van der Waals surface area contributed by atoms with Gasteiger partial charge in [0, 0.05) is 11.3 Å². The number of thiazole rings is 1. The molecule has 0 bridgehead atoms. The lowest BCUT2D eigenvalue weighted by Crippen LogP contribution is -2.34. The van der Waals surface area contributed by atoms with E-state index in [2.05, 4.69) is 30.9 Å². The topological polar surface area (TPSA) is 86.8 Å². The van der Waals surface area contributed by atoms with Gasteiger partial charge in [-0.15, -0.1) is 11.3 Å². The zero-order valence-electron chi connectivity index (χ0n) is 14.8. The third-order valence-corrected chi connectivity index (χ3v) is 5.15. The van der Waals surface area contributed by atoms with Gasteiger partial charge in [0.2, 0.25) is 5.71 Å². The average molecular weight is 353 g/mol. The molecule has 3 atom stereocenters. The van der Waals surface area contributed by atoms with Crippen LogP contribution in [0.5, 0.6) is 0 Å². The first-order valence-corrected chi connectivity index (χ1v) is 9.42. The van der Waals surface area contributed by atoms with Crippen molar-refractivity contribution in [2.45, 2.75) is 53.1 Å². The highest BCUT2D eigenvalue weighted by molar-refractivity contribution is 7.13. The molecule has 1 saturated carbocycles. The smallest absolute Gasteiger partial charge is 0.362 e. The van der Waals surface area contributed by atoms with Gasteiger partial charge in [-0.3, -0.25) is 0 Å². The minimum atomic E-state index is -0.534. The van der Waals surface area contributed by atoms with E-state index < -0.39 is 5.97 Å². The molecule has 0 unspecified atom stereocenters. The van der Waals surface area contributed by atoms with Crippen LogP contribution in [0.3, 0.4) is 0 Å². The van der Waals surface area contributed by atoms with Crippen molar-refractivity contribution in [1.29, 1.82) is 0 Å². The molecular formula is C17H27N3O3S. The summed E-state index contributed by atoms with van der Waals surface area (Å²) in [5.74, 6) is 1.02. The lowest BCUT2D eigenvalue weighted by atomic mass is 9.75. The lowest BCUT2D eigenvalue weighted by molar-refractivity contribution is -0.135. The first-order valence-electron chi connectivity index (χ1n) is 8.54. The highest BCUT2D eigenvalue weighted by Gasteiger charge is 2.33. The summed E-state index contributed by atoms with van der Waals surface area (Å²) in [6.07, 6.45) is 3.29. The summed E-state index contributed by atoms with van der Waals surface area (Å²) < 4.78 is 5.08. The number of nitrogens with zero attached hydrogens (tertiary/aromatic N) is 2. The number of hydrogen-bond donors (Lipinski definition) is 1. The Hall–Kier alpha value is -1.63. The number of aromatic nitrogens is 1. The van der Waals surface area contributed by atoms with Crippen molar-refractivity contribution in [1.82, 2.24) is 4.98 Å². The molecule has 1 aliphatic rings. The van der Waals surface area contributed by atoms with Gasteiger partial charge >= 0.3 is 5.97 Å². The fraction of sp³-hybridized carbons (Fsp3) is 0.706. The second kappa shape index (κ2) is 8.46. The van der Waals surface area contributed by atoms with Gasteiger partial charge in [-0.1, -0.05) is 32.3 Å². The van der Waals surface area contributed by atoms with Crippen molar-refractivity contribution in [2.75, 3.05) is 12.3 Å². The molecule has 134 valence electrons. The van der Waals surface area contributed by atoms with Gasteiger partial charge in [0.25, 0.3) is 0 Å². The molecule has 0 aliphatic heterocycles. The number of carbonyl (C=O) groups is 1. The summed E-state index contributed by atoms with van der Waals surface area (Å²) in [5.41, 5.74) is 6.16. The molecule has 6 nitrogen and oxygen atoms in total. The fourth-order valence-electron chi connectivity index (χ4n) is 3.14. The van der Waals surface area contributed by atoms with Crippen molar-refractivity contribution in [3.05, 3.63) is 11.1 Å². The van der Waals surface area contributed by atoms with Gasteiger partial charge in [-0.05, 0) is 31.6 Å². The molecule has 1 fully saturated rings. The van der Waals surface area contributed by atoms with Gasteiger partial charge in [0.05, 0.1) is 6.61 Å². The number of esters is 1. The number of nitrogen functional groups attached to an aromatic ring is 1. The maximum atomic E-state index is 12.2. The third kappa shape index (κ3) is 4.69. The van der Waals surface area contributed by atoms with E-state index in [1.807, 2.05) is 0 Å². The second-order valence-corrected chi connectivity index (χ2v) is 7.59. The summed E-state index contributed by atoms with van der Waals surface area (Å²) in [6, 6.07) is 0. The predicted molar refractivity (Wildman–Crippen MR) is 95.9 cm³/mol. The molecule has 0 amide bonds. The van der Waals surface area contributed by atoms with Crippen LogP contribution in [-0.2, 0) is 14.4 Å². The number of oxime groups is 1. The summed E-state index contributed by atoms with van der Waals surface area (Å²) in [4.78, 5) is 22.2. The normalized spacial score (nSPS) is 24.9. The van der Waals surface area contributed by atoms with E-state index in [1.54, 1.807) is 12.3 Å². The van der Waals surface area contributed by atoms with E-state index in [9.17, 15) is 4.79 Å². The fourth-order valence-corrected chi connectivity index (χ4v) is 3.69. The average Bonchev–Trinajstić information content (AvgIpc) is 2.94. The van der Waals surface area contributed by atoms with E-state index >= 15 is 0 Å². The lowest BCUT2D eigenvalue weighted by Gasteiger charge is -2.35. The molecule has 0 aromatic carbocycles. The standard InChI is InChI=1S/C17H27N3O3S/c1-5-22-16(21)15(13-9-24-17(18)19-13)20-23-14-8-11(4)6-7-12(14)10(2)3/h9-12,14H,5-8H2,1-4H3,(H2,18,19)/t11-,12+,14+/m0/s1. The highest BCUT2D eigenvalue weighted by Crippen LogP contribution is 2.35. The van der Waals surface area contributed by atoms with E-state index in [0.717, 1.165) is 12.8 Å². The van der Waals surface area contributed by atoms with Gasteiger partial charge in [-0.25, -0.2) is 9.78 Å². The van der Waals surface area contributed by atoms with Crippen molar-refractivity contribution >= 4 is 28.1 Å². The maximum absolute atomic E-state index is 12.2. The van der Waals surface area contributed by atoms with Crippen LogP contribution in [0.4, 0.5) is 5.13 Å². The van der Waals surface area contributed by atoms with Crippen LogP contribution in [-0.4, -0.2) is 29.4 Å². The zero-order valence-corrected chi connectivity index (χ0v) is 15.6. The molecule has 1 aromatic rings. The number of anilines is 1. The predicted octanol–water partition coefficient (Wildman–Crippen LogP) is 3.47. The monoisotopic (exact) mass is 353 g/mol. The van der Waals surface area contributed by atoms with E-state index in [0.29, 0.717) is 28.6 Å². The van der Waals surface area contributed by atoms with Crippen molar-refractivity contribution in [3.63, 3.8) is 0 Å². The van der Waals surface area contributed by atoms with Crippen LogP contribution < -0.4 is 5.73 Å². The van der Waals surface area contributed by atoms with Crippen LogP contribution in [0.15, 0.2) is 10.5 Å². The maximum Gasteiger partial charge on any atom is 0.362 e. The Morgan fingerprint density at radius 1 is 1.50 bits per heavy atom. The second-order valence-electron chi connectivity index (χ2n) is 6.70. The molecule has 1 aromatic heterocycles. The first-order chi connectivity index (χ1) is 11.4. The molecule has 24 heavy (non-hydrogen) atoms. The highest BCUT2D eigenvalue weighted by atomic mass is 32.1. The molecule has 0 saturated heterocycles. The summed E-state index contributed by atoms with van der Waals surface area (Å²) in [5, 5.41) is 6.22. The number of rotatable bonds is 6. The number of ether oxygens (including phenoxy) is 1. The molecule has 2 rings (SSSR count). The van der Waals surface area contributed by atoms with Gasteiger partial charge < -0.3 is 15.3 Å². The van der Waals surface area contributed by atoms with Gasteiger partial charge in [0.15, 0.2) is 5.13 Å². The van der Waals surface area contributed by atoms with Crippen LogP contribution in [0.2, 0.25) is 0 Å². The number of nitrogens with two attached hydrogens (primary N) is 1. The molecule has 0 radical (unpaired) electrons. The summed E-state index contributed by atoms with van der Waals surface area (Å²) >= 11 is 1.26. The Bertz CT molecular complexity index is 585. The Morgan fingerprint density at radius 3 is 2.83 bits per heavy atom. The SMILES string of the molecule is CCOC(=O)C(=NO[C@@H]1C[C@@H](C)CC[C@@H]1C(C)C)c1csc(N)n1. The van der Waals surface area contributed by atoms with Gasteiger partial charge in [-0.2, -0.15) is 0 Å². The van der Waals surface area contributed by atoms with Crippen molar-refractivity contribution in [2.24, 2.45) is 22.9 Å². The van der Waals surface area contributed by atoms with Crippen LogP contribution in [0, 0.1) is 17.8 Å². The van der Waals surface area contributed by atoms with Crippen LogP contribution >= 0.6 is 11.3 Å². The Kier molecular flexibility index (Phi) is 6.60. The van der Waals surface area contributed by atoms with Gasteiger partial charge in [0.1, 0.15) is 11.8 Å². The van der Waals surface area contributed by atoms with Crippen LogP contribution in [0.25, 0.3) is 0 Å². The summed E-state index contributed by atoms with van der Waals surface area (Å²) in [6.45, 7) is 8.65. The number of hydrogen-bond acceptors (Lipinski definition) is 7. The largest absolute Gasteiger partial charge is 0.461 e. The van der Waals surface area contributed by atoms with E-state index in [4.69, 9.17) is 15.3 Å². The summed E-state index contributed by atoms with van der Waals surface area (Å²) in [7, 11) is 0. The minimum Gasteiger partial charge on any atom is -0.461 e. The van der Waals surface area contributed by atoms with Crippen molar-refractivity contribution < 1.29 is 14.4 Å². The Balaban J connectivity index is 2.20. The zero-order chi connectivity index (χ0) is 17.7. The van der Waals surface area contributed by atoms with Crippen molar-refractivity contribution in [3.8, 4) is 0 Å². The molecule has 1 heterocycles. The third-order valence-electron chi connectivity index (χ3n) is 4.47. The molecule has 2 N–H and O–H groups in total. The molecule has 0 spiro atoms. The van der Waals surface area contributed by atoms with E-state index in [-0.39, 0.29) is 18.4 Å². The minimum absolute atomic E-state index is 0.00848. The first kappa shape index (κ1) is 18.7. The van der Waals surface area contributed by atoms with E-state index in [1.165, 1.54) is 17.8 Å². The Morgan fingerprint density at radius 2 is 2.25 bits per heavy atom. The Labute approximate surface area is 147 Å². The van der Waals surface area contributed by atoms with Crippen LogP contribution in [0.1, 0.15) is 52.7 Å².